The zero-order valence-electron chi connectivity index (χ0n) is 31.2. The maximum absolute atomic E-state index is 15.1. The molecule has 2 bridgehead atoms. The van der Waals surface area contributed by atoms with Gasteiger partial charge in [0.05, 0.1) is 32.0 Å². The van der Waals surface area contributed by atoms with E-state index < -0.39 is 34.1 Å². The predicted octanol–water partition coefficient (Wildman–Crippen LogP) is 3.88. The van der Waals surface area contributed by atoms with Crippen molar-refractivity contribution in [1.82, 2.24) is 14.8 Å². The van der Waals surface area contributed by atoms with Crippen LogP contribution >= 0.6 is 0 Å². The second-order valence-corrected chi connectivity index (χ2v) is 16.9. The number of para-hydroxylation sites is 1. The number of methoxy groups -OCH3 is 2. The number of carbonyl (C=O) groups excluding carboxylic acids is 1. The van der Waals surface area contributed by atoms with Crippen molar-refractivity contribution >= 4 is 22.6 Å². The van der Waals surface area contributed by atoms with E-state index >= 15 is 4.79 Å². The number of hydrogen-bond acceptors (Lipinski definition) is 9. The molecule has 1 aliphatic carbocycles. The van der Waals surface area contributed by atoms with Crippen LogP contribution in [-0.2, 0) is 26.8 Å². The number of aliphatic hydroxyl groups excluding tert-OH is 2. The number of H-pyrrole nitrogens is 1. The fourth-order valence-corrected chi connectivity index (χ4v) is 12.6. The lowest BCUT2D eigenvalue weighted by Crippen LogP contribution is -2.73. The Morgan fingerprint density at radius 1 is 1.06 bits per heavy atom. The number of piperidine rings is 1. The molecule has 2 aromatic carbocycles. The Hall–Kier alpha value is -3.41. The van der Waals surface area contributed by atoms with Gasteiger partial charge in [-0.1, -0.05) is 44.2 Å². The summed E-state index contributed by atoms with van der Waals surface area (Å²) in [5.74, 6) is 0.226. The second kappa shape index (κ2) is 11.8. The van der Waals surface area contributed by atoms with Gasteiger partial charge in [0.1, 0.15) is 17.3 Å². The number of esters is 1. The van der Waals surface area contributed by atoms with Crippen molar-refractivity contribution in [2.24, 2.45) is 11.3 Å². The van der Waals surface area contributed by atoms with Crippen LogP contribution in [0.1, 0.15) is 68.3 Å². The van der Waals surface area contributed by atoms with Gasteiger partial charge in [-0.2, -0.15) is 0 Å². The summed E-state index contributed by atoms with van der Waals surface area (Å²) in [4.78, 5) is 26.0. The van der Waals surface area contributed by atoms with E-state index in [1.54, 1.807) is 7.11 Å². The Labute approximate surface area is 306 Å². The highest BCUT2D eigenvalue weighted by Crippen LogP contribution is 2.65. The second-order valence-electron chi connectivity index (χ2n) is 16.9. The third-order valence-corrected chi connectivity index (χ3v) is 14.8. The standard InChI is InChI=1S/C42H54N4O6/c1-6-39(50)21-25-22-42(38(49)52-5,34-27(13-17-45(23-25)24-39)26-11-8-9-12-30(26)43-34)29-19-28-31(20-32(29)51-4)44(3)35-33(47)36(48)40(7-2)14-10-16-46-18-15-41(28,35)37(40)46/h8-12,14,19-20,25,33,35-37,43,47-48,50H,6-7,13,15-18,21-24H2,1-5H3/t25-,33?,35?,36?,37?,39?,40+,41+,42+/m1/s1. The van der Waals surface area contributed by atoms with Crippen molar-refractivity contribution in [2.45, 2.75) is 93.1 Å². The van der Waals surface area contributed by atoms with E-state index in [9.17, 15) is 15.3 Å². The van der Waals surface area contributed by atoms with Gasteiger partial charge in [0.25, 0.3) is 0 Å². The van der Waals surface area contributed by atoms with E-state index in [2.05, 4.69) is 76.0 Å². The van der Waals surface area contributed by atoms with Crippen molar-refractivity contribution in [3.63, 3.8) is 0 Å². The van der Waals surface area contributed by atoms with Crippen molar-refractivity contribution in [3.05, 3.63) is 70.9 Å². The average Bonchev–Trinajstić information content (AvgIpc) is 3.81. The summed E-state index contributed by atoms with van der Waals surface area (Å²) in [6.07, 6.45) is 6.32. The summed E-state index contributed by atoms with van der Waals surface area (Å²) in [5, 5.41) is 37.1. The molecule has 52 heavy (non-hydrogen) atoms. The Morgan fingerprint density at radius 2 is 1.87 bits per heavy atom. The number of rotatable bonds is 5. The van der Waals surface area contributed by atoms with Crippen LogP contribution in [0.15, 0.2) is 48.6 Å². The largest absolute Gasteiger partial charge is 0.496 e. The molecule has 6 unspecified atom stereocenters. The van der Waals surface area contributed by atoms with E-state index in [0.29, 0.717) is 44.4 Å². The van der Waals surface area contributed by atoms with E-state index in [4.69, 9.17) is 9.47 Å². The van der Waals surface area contributed by atoms with Crippen molar-refractivity contribution in [2.75, 3.05) is 58.9 Å². The number of aromatic amines is 1. The molecular formula is C42H54N4O6. The minimum absolute atomic E-state index is 0.00782. The first-order chi connectivity index (χ1) is 25.0. The molecule has 3 aromatic rings. The van der Waals surface area contributed by atoms with Gasteiger partial charge in [-0.3, -0.25) is 14.6 Å². The quantitative estimate of drug-likeness (QED) is 0.231. The molecule has 0 amide bonds. The first kappa shape index (κ1) is 34.4. The Morgan fingerprint density at radius 3 is 2.62 bits per heavy atom. The van der Waals surface area contributed by atoms with Crippen LogP contribution in [0.2, 0.25) is 0 Å². The minimum atomic E-state index is -1.29. The highest BCUT2D eigenvalue weighted by molar-refractivity contribution is 5.94. The fraction of sp³-hybridized carbons (Fsp3) is 0.595. The van der Waals surface area contributed by atoms with Crippen molar-refractivity contribution in [3.8, 4) is 5.75 Å². The summed E-state index contributed by atoms with van der Waals surface area (Å²) in [7, 11) is 5.18. The first-order valence-electron chi connectivity index (χ1n) is 19.4. The van der Waals surface area contributed by atoms with Gasteiger partial charge >= 0.3 is 5.97 Å². The predicted molar refractivity (Wildman–Crippen MR) is 200 cm³/mol. The van der Waals surface area contributed by atoms with Crippen LogP contribution < -0.4 is 9.64 Å². The highest BCUT2D eigenvalue weighted by Gasteiger charge is 2.72. The number of nitrogens with one attached hydrogen (secondary N) is 1. The number of aliphatic hydroxyl groups is 3. The highest BCUT2D eigenvalue weighted by atomic mass is 16.5. The molecule has 9 rings (SSSR count). The Kier molecular flexibility index (Phi) is 7.79. The van der Waals surface area contributed by atoms with Crippen LogP contribution in [0.5, 0.6) is 5.75 Å². The molecule has 1 spiro atoms. The summed E-state index contributed by atoms with van der Waals surface area (Å²) < 4.78 is 12.3. The topological polar surface area (TPSA) is 122 Å². The number of hydrogen-bond donors (Lipinski definition) is 4. The fourth-order valence-electron chi connectivity index (χ4n) is 12.6. The van der Waals surface area contributed by atoms with Crippen molar-refractivity contribution in [1.29, 1.82) is 0 Å². The minimum Gasteiger partial charge on any atom is -0.496 e. The number of carbonyl (C=O) groups is 1. The van der Waals surface area contributed by atoms with Gasteiger partial charge in [0.15, 0.2) is 0 Å². The normalized spacial score (nSPS) is 39.2. The number of benzene rings is 2. The SMILES string of the molecule is CCC1(O)C[C@H]2CN(CCc3c([nH]c4ccccc34)[C@@](C(=O)OC)(c3cc4c(cc3OC)N(C)C3C(O)C(O)[C@]5(CC)C=CCN6CC[C@]43C65)C2)C1. The van der Waals surface area contributed by atoms with Gasteiger partial charge in [0, 0.05) is 84.0 Å². The zero-order chi connectivity index (χ0) is 36.4. The lowest BCUT2D eigenvalue weighted by atomic mass is 9.51. The molecule has 10 atom stereocenters. The molecule has 1 aromatic heterocycles. The molecule has 2 saturated heterocycles. The molecule has 10 nitrogen and oxygen atoms in total. The molecule has 1 saturated carbocycles. The lowest BCUT2D eigenvalue weighted by molar-refractivity contribution is -0.147. The van der Waals surface area contributed by atoms with Crippen LogP contribution in [0.25, 0.3) is 10.9 Å². The van der Waals surface area contributed by atoms with Crippen LogP contribution in [0.4, 0.5) is 5.69 Å². The van der Waals surface area contributed by atoms with Gasteiger partial charge in [-0.15, -0.1) is 0 Å². The van der Waals surface area contributed by atoms with Gasteiger partial charge < -0.3 is 34.7 Å². The number of likely N-dealkylation sites (N-methyl/N-ethyl adjacent to an activating group) is 1. The summed E-state index contributed by atoms with van der Waals surface area (Å²) >= 11 is 0. The van der Waals surface area contributed by atoms with E-state index in [1.807, 2.05) is 13.1 Å². The van der Waals surface area contributed by atoms with Crippen molar-refractivity contribution < 1.29 is 29.6 Å². The first-order valence-corrected chi connectivity index (χ1v) is 19.4. The number of nitrogens with zero attached hydrogens (tertiary/aromatic N) is 3. The van der Waals surface area contributed by atoms with Gasteiger partial charge in [-0.05, 0) is 74.2 Å². The number of fused-ring (bicyclic) bond motifs is 6. The molecule has 10 heteroatoms. The van der Waals surface area contributed by atoms with E-state index in [0.717, 1.165) is 71.6 Å². The van der Waals surface area contributed by atoms with Crippen LogP contribution in [-0.4, -0.2) is 120 Å². The van der Waals surface area contributed by atoms with Crippen LogP contribution in [0, 0.1) is 11.3 Å². The summed E-state index contributed by atoms with van der Waals surface area (Å²) in [6, 6.07) is 12.2. The molecule has 0 radical (unpaired) electrons. The molecule has 5 aliphatic heterocycles. The van der Waals surface area contributed by atoms with Crippen LogP contribution in [0.3, 0.4) is 0 Å². The van der Waals surface area contributed by atoms with Gasteiger partial charge in [0.2, 0.25) is 0 Å². The molecule has 6 aliphatic rings. The monoisotopic (exact) mass is 710 g/mol. The molecule has 3 fully saturated rings. The maximum atomic E-state index is 15.1. The Bertz CT molecular complexity index is 1960. The zero-order valence-corrected chi connectivity index (χ0v) is 31.2. The lowest BCUT2D eigenvalue weighted by Gasteiger charge is -2.60. The molecule has 4 N–H and O–H groups in total. The summed E-state index contributed by atoms with van der Waals surface area (Å²) in [6.45, 7) is 7.99. The Balaban J connectivity index is 1.34. The third kappa shape index (κ3) is 4.27. The van der Waals surface area contributed by atoms with E-state index in [1.165, 1.54) is 7.11 Å². The van der Waals surface area contributed by atoms with Gasteiger partial charge in [-0.25, -0.2) is 0 Å². The summed E-state index contributed by atoms with van der Waals surface area (Å²) in [5.41, 5.74) is 2.45. The number of anilines is 1. The number of ether oxygens (including phenoxy) is 2. The average molecular weight is 711 g/mol. The smallest absolute Gasteiger partial charge is 0.322 e. The molecular weight excluding hydrogens is 656 g/mol. The molecule has 6 heterocycles. The molecule has 278 valence electrons. The maximum Gasteiger partial charge on any atom is 0.322 e. The number of aromatic nitrogens is 1. The third-order valence-electron chi connectivity index (χ3n) is 14.8. The van der Waals surface area contributed by atoms with E-state index in [-0.39, 0.29) is 24.0 Å².